The third kappa shape index (κ3) is 1.87. The van der Waals surface area contributed by atoms with Gasteiger partial charge in [0.2, 0.25) is 0 Å². The van der Waals surface area contributed by atoms with Crippen LogP contribution in [-0.2, 0) is 6.61 Å². The van der Waals surface area contributed by atoms with Crippen molar-refractivity contribution in [3.8, 4) is 0 Å². The molecule has 1 aromatic heterocycles. The van der Waals surface area contributed by atoms with Gasteiger partial charge in [0.1, 0.15) is 0 Å². The maximum absolute atomic E-state index is 9.07. The van der Waals surface area contributed by atoms with Gasteiger partial charge in [-0.05, 0) is 24.6 Å². The van der Waals surface area contributed by atoms with Crippen LogP contribution >= 0.6 is 34.8 Å². The predicted molar refractivity (Wildman–Crippen MR) is 67.4 cm³/mol. The number of aromatic nitrogens is 1. The first kappa shape index (κ1) is 11.9. The summed E-state index contributed by atoms with van der Waals surface area (Å²) in [7, 11) is 0. The van der Waals surface area contributed by atoms with Crippen molar-refractivity contribution in [1.29, 1.82) is 0 Å². The van der Waals surface area contributed by atoms with Crippen LogP contribution in [0.1, 0.15) is 11.3 Å². The summed E-state index contributed by atoms with van der Waals surface area (Å²) >= 11 is 18.1. The minimum Gasteiger partial charge on any atom is -0.390 e. The van der Waals surface area contributed by atoms with Crippen LogP contribution in [0, 0.1) is 6.92 Å². The first-order chi connectivity index (χ1) is 7.54. The van der Waals surface area contributed by atoms with E-state index in [4.69, 9.17) is 39.9 Å². The highest BCUT2D eigenvalue weighted by atomic mass is 35.5. The molecule has 0 aliphatic heterocycles. The number of halogens is 3. The van der Waals surface area contributed by atoms with Gasteiger partial charge in [-0.25, -0.2) is 4.98 Å². The molecule has 0 amide bonds. The number of rotatable bonds is 1. The summed E-state index contributed by atoms with van der Waals surface area (Å²) in [6.07, 6.45) is 0. The topological polar surface area (TPSA) is 33.1 Å². The Bertz CT molecular complexity index is 569. The smallest absolute Gasteiger partial charge is 0.0911 e. The predicted octanol–water partition coefficient (Wildman–Crippen LogP) is 4.00. The molecule has 84 valence electrons. The second kappa shape index (κ2) is 4.38. The van der Waals surface area contributed by atoms with Crippen molar-refractivity contribution in [2.75, 3.05) is 0 Å². The Morgan fingerprint density at radius 2 is 1.88 bits per heavy atom. The van der Waals surface area contributed by atoms with Gasteiger partial charge in [0, 0.05) is 5.39 Å². The van der Waals surface area contributed by atoms with Crippen molar-refractivity contribution in [2.24, 2.45) is 0 Å². The van der Waals surface area contributed by atoms with Gasteiger partial charge in [0.05, 0.1) is 32.9 Å². The van der Waals surface area contributed by atoms with Crippen molar-refractivity contribution in [1.82, 2.24) is 4.98 Å². The van der Waals surface area contributed by atoms with Crippen LogP contribution in [0.4, 0.5) is 0 Å². The molecule has 1 N–H and O–H groups in total. The number of hydrogen-bond donors (Lipinski definition) is 1. The van der Waals surface area contributed by atoms with Crippen LogP contribution in [0.2, 0.25) is 15.1 Å². The van der Waals surface area contributed by atoms with Crippen LogP contribution in [-0.4, -0.2) is 10.1 Å². The van der Waals surface area contributed by atoms with Crippen LogP contribution in [0.25, 0.3) is 10.9 Å². The molecule has 0 bridgehead atoms. The molecule has 16 heavy (non-hydrogen) atoms. The number of aliphatic hydroxyl groups excluding tert-OH is 1. The maximum atomic E-state index is 9.07. The second-order valence-corrected chi connectivity index (χ2v) is 4.66. The summed E-state index contributed by atoms with van der Waals surface area (Å²) < 4.78 is 0. The lowest BCUT2D eigenvalue weighted by molar-refractivity contribution is 0.277. The van der Waals surface area contributed by atoms with E-state index in [1.165, 1.54) is 0 Å². The van der Waals surface area contributed by atoms with E-state index in [1.807, 2.05) is 6.92 Å². The SMILES string of the molecule is Cc1cc(CO)nc2c(Cl)cc(Cl)c(Cl)c12. The average Bonchev–Trinajstić information content (AvgIpc) is 2.25. The number of pyridine rings is 1. The lowest BCUT2D eigenvalue weighted by Crippen LogP contribution is -1.94. The molecule has 0 atom stereocenters. The first-order valence-corrected chi connectivity index (χ1v) is 5.72. The first-order valence-electron chi connectivity index (χ1n) is 4.59. The molecule has 0 saturated carbocycles. The monoisotopic (exact) mass is 275 g/mol. The fraction of sp³-hybridized carbons (Fsp3) is 0.182. The zero-order chi connectivity index (χ0) is 11.9. The molecule has 5 heteroatoms. The average molecular weight is 277 g/mol. The van der Waals surface area contributed by atoms with Gasteiger partial charge in [-0.1, -0.05) is 34.8 Å². The van der Waals surface area contributed by atoms with Crippen LogP contribution < -0.4 is 0 Å². The standard InChI is InChI=1S/C11H8Cl3NO/c1-5-2-6(4-16)15-11-8(13)3-7(12)10(14)9(5)11/h2-3,16H,4H2,1H3. The molecule has 0 radical (unpaired) electrons. The lowest BCUT2D eigenvalue weighted by atomic mass is 10.1. The number of fused-ring (bicyclic) bond motifs is 1. The van der Waals surface area contributed by atoms with Crippen molar-refractivity contribution in [2.45, 2.75) is 13.5 Å². The normalized spacial score (nSPS) is 11.1. The Kier molecular flexibility index (Phi) is 3.27. The van der Waals surface area contributed by atoms with Crippen molar-refractivity contribution < 1.29 is 5.11 Å². The molecule has 0 aliphatic rings. The molecule has 0 unspecified atom stereocenters. The minimum atomic E-state index is -0.132. The summed E-state index contributed by atoms with van der Waals surface area (Å²) in [6.45, 7) is 1.75. The largest absolute Gasteiger partial charge is 0.390 e. The molecular formula is C11H8Cl3NO. The third-order valence-electron chi connectivity index (χ3n) is 2.34. The van der Waals surface area contributed by atoms with E-state index in [0.717, 1.165) is 10.9 Å². The van der Waals surface area contributed by atoms with Crippen molar-refractivity contribution in [3.05, 3.63) is 38.5 Å². The Morgan fingerprint density at radius 3 is 2.50 bits per heavy atom. The Labute approximate surface area is 108 Å². The highest BCUT2D eigenvalue weighted by Gasteiger charge is 2.12. The van der Waals surface area contributed by atoms with Gasteiger partial charge in [-0.2, -0.15) is 0 Å². The van der Waals surface area contributed by atoms with Gasteiger partial charge in [-0.15, -0.1) is 0 Å². The summed E-state index contributed by atoms with van der Waals surface area (Å²) in [6, 6.07) is 3.32. The highest BCUT2D eigenvalue weighted by molar-refractivity contribution is 6.47. The quantitative estimate of drug-likeness (QED) is 0.799. The van der Waals surface area contributed by atoms with E-state index in [-0.39, 0.29) is 6.61 Å². The van der Waals surface area contributed by atoms with Crippen molar-refractivity contribution >= 4 is 45.7 Å². The van der Waals surface area contributed by atoms with E-state index >= 15 is 0 Å². The van der Waals surface area contributed by atoms with E-state index in [0.29, 0.717) is 26.3 Å². The van der Waals surface area contributed by atoms with Gasteiger partial charge in [0.15, 0.2) is 0 Å². The molecule has 0 saturated heterocycles. The number of nitrogens with zero attached hydrogens (tertiary/aromatic N) is 1. The van der Waals surface area contributed by atoms with Gasteiger partial charge < -0.3 is 5.11 Å². The molecule has 2 aromatic rings. The fourth-order valence-electron chi connectivity index (χ4n) is 1.63. The van der Waals surface area contributed by atoms with Gasteiger partial charge in [-0.3, -0.25) is 0 Å². The van der Waals surface area contributed by atoms with E-state index in [2.05, 4.69) is 4.98 Å². The molecule has 1 aromatic carbocycles. The highest BCUT2D eigenvalue weighted by Crippen LogP contribution is 2.36. The molecular weight excluding hydrogens is 268 g/mol. The zero-order valence-corrected chi connectivity index (χ0v) is 10.7. The summed E-state index contributed by atoms with van der Waals surface area (Å²) in [5.74, 6) is 0. The number of aliphatic hydroxyl groups is 1. The van der Waals surface area contributed by atoms with Crippen LogP contribution in [0.15, 0.2) is 12.1 Å². The van der Waals surface area contributed by atoms with Crippen LogP contribution in [0.5, 0.6) is 0 Å². The molecule has 0 fully saturated rings. The Balaban J connectivity index is 2.94. The molecule has 0 aliphatic carbocycles. The van der Waals surface area contributed by atoms with Gasteiger partial charge in [0.25, 0.3) is 0 Å². The van der Waals surface area contributed by atoms with Crippen molar-refractivity contribution in [3.63, 3.8) is 0 Å². The third-order valence-corrected chi connectivity index (χ3v) is 3.42. The molecule has 2 rings (SSSR count). The van der Waals surface area contributed by atoms with Crippen LogP contribution in [0.3, 0.4) is 0 Å². The molecule has 2 nitrogen and oxygen atoms in total. The van der Waals surface area contributed by atoms with E-state index < -0.39 is 0 Å². The Hall–Kier alpha value is -0.540. The second-order valence-electron chi connectivity index (χ2n) is 3.47. The van der Waals surface area contributed by atoms with E-state index in [1.54, 1.807) is 12.1 Å². The number of aryl methyl sites for hydroxylation is 1. The molecule has 1 heterocycles. The van der Waals surface area contributed by atoms with E-state index in [9.17, 15) is 0 Å². The summed E-state index contributed by atoms with van der Waals surface area (Å²) in [4.78, 5) is 4.23. The Morgan fingerprint density at radius 1 is 1.19 bits per heavy atom. The number of hydrogen-bond acceptors (Lipinski definition) is 2. The lowest BCUT2D eigenvalue weighted by Gasteiger charge is -2.09. The molecule has 0 spiro atoms. The zero-order valence-electron chi connectivity index (χ0n) is 8.39. The van der Waals surface area contributed by atoms with Gasteiger partial charge >= 0.3 is 0 Å². The summed E-state index contributed by atoms with van der Waals surface area (Å²) in [5, 5.41) is 11.1. The fourth-order valence-corrected chi connectivity index (χ4v) is 2.43. The number of benzene rings is 1. The maximum Gasteiger partial charge on any atom is 0.0911 e. The summed E-state index contributed by atoms with van der Waals surface area (Å²) in [5.41, 5.74) is 2.02. The minimum absolute atomic E-state index is 0.132.